The molecule has 0 unspecified atom stereocenters. The largest absolute Gasteiger partial charge is 0.476 e. The highest BCUT2D eigenvalue weighted by Gasteiger charge is 2.36. The summed E-state index contributed by atoms with van der Waals surface area (Å²) in [6.45, 7) is 1.52. The first-order chi connectivity index (χ1) is 13.5. The fraction of sp³-hybridized carbons (Fsp3) is 0.190. The average molecular weight is 396 g/mol. The van der Waals surface area contributed by atoms with Gasteiger partial charge in [0.15, 0.2) is 6.10 Å². The lowest BCUT2D eigenvalue weighted by molar-refractivity contribution is -0.122. The van der Waals surface area contributed by atoms with E-state index >= 15 is 0 Å². The number of hydrogen-bond donors (Lipinski definition) is 1. The summed E-state index contributed by atoms with van der Waals surface area (Å²) in [6.07, 6.45) is -0.949. The van der Waals surface area contributed by atoms with E-state index in [-0.39, 0.29) is 18.2 Å². The van der Waals surface area contributed by atoms with E-state index in [2.05, 4.69) is 5.32 Å². The molecular weight excluding hydrogens is 376 g/mol. The minimum absolute atomic E-state index is 0.0566. The Morgan fingerprint density at radius 1 is 1.07 bits per heavy atom. The fourth-order valence-electron chi connectivity index (χ4n) is 3.31. The molecule has 0 fully saturated rings. The van der Waals surface area contributed by atoms with Gasteiger partial charge in [0.2, 0.25) is 10.0 Å². The number of fused-ring (bicyclic) bond motifs is 2. The normalized spacial score (nSPS) is 16.3. The zero-order valence-electron chi connectivity index (χ0n) is 15.3. The van der Waals surface area contributed by atoms with Gasteiger partial charge in [-0.05, 0) is 30.5 Å². The minimum Gasteiger partial charge on any atom is -0.476 e. The second-order valence-corrected chi connectivity index (χ2v) is 8.70. The molecule has 0 spiro atoms. The number of ether oxygens (including phenoxy) is 1. The van der Waals surface area contributed by atoms with E-state index in [1.165, 1.54) is 4.31 Å². The molecule has 7 heteroatoms. The highest BCUT2D eigenvalue weighted by molar-refractivity contribution is 7.92. The summed E-state index contributed by atoms with van der Waals surface area (Å²) in [5, 5.41) is 4.80. The maximum atomic E-state index is 12.9. The van der Waals surface area contributed by atoms with Crippen LogP contribution in [0.5, 0.6) is 5.75 Å². The van der Waals surface area contributed by atoms with Crippen LogP contribution < -0.4 is 14.4 Å². The summed E-state index contributed by atoms with van der Waals surface area (Å²) < 4.78 is 32.2. The van der Waals surface area contributed by atoms with E-state index in [4.69, 9.17) is 4.74 Å². The van der Waals surface area contributed by atoms with Crippen LogP contribution >= 0.6 is 0 Å². The molecule has 0 aliphatic carbocycles. The van der Waals surface area contributed by atoms with Crippen LogP contribution in [0.1, 0.15) is 6.92 Å². The monoisotopic (exact) mass is 396 g/mol. The molecule has 1 amide bonds. The third-order valence-electron chi connectivity index (χ3n) is 4.78. The number of benzene rings is 3. The van der Waals surface area contributed by atoms with Crippen molar-refractivity contribution >= 4 is 38.1 Å². The second-order valence-electron chi connectivity index (χ2n) is 6.52. The molecule has 1 aliphatic rings. The Bertz CT molecular complexity index is 1140. The van der Waals surface area contributed by atoms with E-state index in [0.717, 1.165) is 10.8 Å². The Morgan fingerprint density at radius 2 is 1.79 bits per heavy atom. The number of nitrogens with one attached hydrogen (secondary N) is 1. The molecule has 3 aromatic carbocycles. The summed E-state index contributed by atoms with van der Waals surface area (Å²) in [6, 6.07) is 20.2. The van der Waals surface area contributed by atoms with Crippen molar-refractivity contribution in [2.45, 2.75) is 13.0 Å². The Hall–Kier alpha value is -3.06. The summed E-state index contributed by atoms with van der Waals surface area (Å²) in [5.41, 5.74) is 1.12. The molecule has 1 atom stereocenters. The van der Waals surface area contributed by atoms with Crippen molar-refractivity contribution in [3.8, 4) is 5.75 Å². The van der Waals surface area contributed by atoms with Crippen molar-refractivity contribution in [2.75, 3.05) is 21.9 Å². The lowest BCUT2D eigenvalue weighted by atomic mass is 10.1. The van der Waals surface area contributed by atoms with Crippen LogP contribution in [0, 0.1) is 0 Å². The zero-order valence-corrected chi connectivity index (χ0v) is 16.1. The molecular formula is C21H20N2O4S. The molecule has 0 aromatic heterocycles. The number of para-hydroxylation sites is 2. The number of carbonyl (C=O) groups is 1. The molecule has 3 aromatic rings. The first-order valence-corrected chi connectivity index (χ1v) is 10.7. The van der Waals surface area contributed by atoms with Crippen LogP contribution in [0.2, 0.25) is 0 Å². The number of sulfonamides is 1. The number of anilines is 2. The third-order valence-corrected chi connectivity index (χ3v) is 6.52. The van der Waals surface area contributed by atoms with Crippen molar-refractivity contribution in [3.05, 3.63) is 66.7 Å². The summed E-state index contributed by atoms with van der Waals surface area (Å²) in [5.74, 6) is -0.0649. The van der Waals surface area contributed by atoms with E-state index in [9.17, 15) is 13.2 Å². The molecule has 0 bridgehead atoms. The SMILES string of the molecule is CCS(=O)(=O)N1C[C@H](C(=O)Nc2cccc3ccccc23)Oc2ccccc21. The van der Waals surface area contributed by atoms with Crippen LogP contribution in [0.3, 0.4) is 0 Å². The average Bonchev–Trinajstić information content (AvgIpc) is 2.73. The standard InChI is InChI=1S/C21H20N2O4S/c1-2-28(25,26)23-14-20(27-19-13-6-5-12-18(19)23)21(24)22-17-11-7-9-15-8-3-4-10-16(15)17/h3-13,20H,2,14H2,1H3,(H,22,24)/t20-/m1/s1. The fourth-order valence-corrected chi connectivity index (χ4v) is 4.43. The maximum Gasteiger partial charge on any atom is 0.267 e. The van der Waals surface area contributed by atoms with Crippen LogP contribution in [0.25, 0.3) is 10.8 Å². The van der Waals surface area contributed by atoms with Gasteiger partial charge in [0.25, 0.3) is 5.91 Å². The number of rotatable bonds is 4. The molecule has 28 heavy (non-hydrogen) atoms. The first kappa shape index (κ1) is 18.3. The van der Waals surface area contributed by atoms with Gasteiger partial charge >= 0.3 is 0 Å². The van der Waals surface area contributed by atoms with E-state index in [1.54, 1.807) is 31.2 Å². The lowest BCUT2D eigenvalue weighted by Gasteiger charge is -2.34. The van der Waals surface area contributed by atoms with E-state index in [0.29, 0.717) is 17.1 Å². The molecule has 0 saturated carbocycles. The molecule has 4 rings (SSSR count). The molecule has 0 radical (unpaired) electrons. The maximum absolute atomic E-state index is 12.9. The summed E-state index contributed by atoms with van der Waals surface area (Å²) >= 11 is 0. The van der Waals surface area contributed by atoms with Gasteiger partial charge < -0.3 is 10.1 Å². The van der Waals surface area contributed by atoms with Gasteiger partial charge in [0.1, 0.15) is 5.75 Å². The molecule has 1 N–H and O–H groups in total. The topological polar surface area (TPSA) is 75.7 Å². The van der Waals surface area contributed by atoms with Crippen molar-refractivity contribution in [1.82, 2.24) is 0 Å². The molecule has 1 aliphatic heterocycles. The van der Waals surface area contributed by atoms with Gasteiger partial charge in [0.05, 0.1) is 18.0 Å². The van der Waals surface area contributed by atoms with E-state index < -0.39 is 16.1 Å². The highest BCUT2D eigenvalue weighted by atomic mass is 32.2. The van der Waals surface area contributed by atoms with Crippen LogP contribution in [-0.4, -0.2) is 32.7 Å². The molecule has 144 valence electrons. The van der Waals surface area contributed by atoms with Crippen molar-refractivity contribution in [2.24, 2.45) is 0 Å². The van der Waals surface area contributed by atoms with Crippen LogP contribution in [-0.2, 0) is 14.8 Å². The zero-order chi connectivity index (χ0) is 19.7. The van der Waals surface area contributed by atoms with Crippen molar-refractivity contribution in [1.29, 1.82) is 0 Å². The lowest BCUT2D eigenvalue weighted by Crippen LogP contribution is -2.49. The molecule has 1 heterocycles. The second kappa shape index (κ2) is 7.16. The Morgan fingerprint density at radius 3 is 2.61 bits per heavy atom. The van der Waals surface area contributed by atoms with Gasteiger partial charge in [0, 0.05) is 11.1 Å². The first-order valence-electron chi connectivity index (χ1n) is 9.04. The highest BCUT2D eigenvalue weighted by Crippen LogP contribution is 2.35. The quantitative estimate of drug-likeness (QED) is 0.733. The number of amides is 1. The number of hydrogen-bond acceptors (Lipinski definition) is 4. The number of nitrogens with zero attached hydrogens (tertiary/aromatic N) is 1. The van der Waals surface area contributed by atoms with Gasteiger partial charge in [-0.15, -0.1) is 0 Å². The predicted octanol–water partition coefficient (Wildman–Crippen LogP) is 3.40. The van der Waals surface area contributed by atoms with Gasteiger partial charge in [-0.3, -0.25) is 9.10 Å². The Kier molecular flexibility index (Phi) is 4.68. The molecule has 0 saturated heterocycles. The van der Waals surface area contributed by atoms with Gasteiger partial charge in [-0.25, -0.2) is 8.42 Å². The van der Waals surface area contributed by atoms with Crippen molar-refractivity contribution in [3.63, 3.8) is 0 Å². The van der Waals surface area contributed by atoms with Crippen LogP contribution in [0.15, 0.2) is 66.7 Å². The minimum atomic E-state index is -3.54. The van der Waals surface area contributed by atoms with Crippen molar-refractivity contribution < 1.29 is 17.9 Å². The van der Waals surface area contributed by atoms with Crippen LogP contribution in [0.4, 0.5) is 11.4 Å². The van der Waals surface area contributed by atoms with E-state index in [1.807, 2.05) is 42.5 Å². The Balaban J connectivity index is 1.65. The predicted molar refractivity (Wildman–Crippen MR) is 110 cm³/mol. The van der Waals surface area contributed by atoms with Gasteiger partial charge in [-0.1, -0.05) is 48.5 Å². The van der Waals surface area contributed by atoms with Gasteiger partial charge in [-0.2, -0.15) is 0 Å². The summed E-state index contributed by atoms with van der Waals surface area (Å²) in [4.78, 5) is 12.9. The molecule has 6 nitrogen and oxygen atoms in total. The smallest absolute Gasteiger partial charge is 0.267 e. The number of carbonyl (C=O) groups excluding carboxylic acids is 1. The Labute approximate surface area is 163 Å². The third kappa shape index (κ3) is 3.29. The summed E-state index contributed by atoms with van der Waals surface area (Å²) in [7, 11) is -3.54.